The van der Waals surface area contributed by atoms with Crippen molar-refractivity contribution in [1.29, 1.82) is 0 Å². The Labute approximate surface area is 151 Å². The molecule has 3 aromatic rings. The standard InChI is InChI=1S/C21H19N3O2/c25-20(15-8-2-1-3-9-15)23-18-12-6-7-13-19(18)24-21(26)17-11-5-4-10-16(17)14-22-24/h1-5,7-11,13-14,18-19H,6,12H2,(H,23,25)/t18-,19+/m0/s1. The Hall–Kier alpha value is -3.21. The van der Waals surface area contributed by atoms with Crippen LogP contribution in [0.3, 0.4) is 0 Å². The zero-order valence-corrected chi connectivity index (χ0v) is 14.2. The van der Waals surface area contributed by atoms with Crippen molar-refractivity contribution in [2.45, 2.75) is 24.9 Å². The van der Waals surface area contributed by atoms with Gasteiger partial charge in [0.2, 0.25) is 0 Å². The lowest BCUT2D eigenvalue weighted by Crippen LogP contribution is -2.45. The van der Waals surface area contributed by atoms with E-state index in [1.54, 1.807) is 24.4 Å². The molecule has 0 radical (unpaired) electrons. The number of aromatic nitrogens is 2. The van der Waals surface area contributed by atoms with Gasteiger partial charge < -0.3 is 5.32 Å². The van der Waals surface area contributed by atoms with Crippen molar-refractivity contribution < 1.29 is 4.79 Å². The number of amides is 1. The molecule has 1 N–H and O–H groups in total. The summed E-state index contributed by atoms with van der Waals surface area (Å²) in [5.74, 6) is -0.135. The summed E-state index contributed by atoms with van der Waals surface area (Å²) in [4.78, 5) is 25.4. The molecule has 2 aromatic carbocycles. The predicted molar refractivity (Wildman–Crippen MR) is 101 cm³/mol. The summed E-state index contributed by atoms with van der Waals surface area (Å²) in [5.41, 5.74) is 0.471. The number of nitrogens with one attached hydrogen (secondary N) is 1. The molecule has 5 nitrogen and oxygen atoms in total. The van der Waals surface area contributed by atoms with Crippen molar-refractivity contribution >= 4 is 16.7 Å². The molecule has 130 valence electrons. The lowest BCUT2D eigenvalue weighted by molar-refractivity contribution is 0.0922. The predicted octanol–water partition coefficient (Wildman–Crippen LogP) is 3.09. The monoisotopic (exact) mass is 345 g/mol. The molecule has 0 aliphatic heterocycles. The zero-order valence-electron chi connectivity index (χ0n) is 14.2. The summed E-state index contributed by atoms with van der Waals surface area (Å²) in [6.07, 6.45) is 7.33. The van der Waals surface area contributed by atoms with Crippen molar-refractivity contribution in [3.8, 4) is 0 Å². The van der Waals surface area contributed by atoms with Crippen LogP contribution in [0.15, 0.2) is 77.7 Å². The van der Waals surface area contributed by atoms with Crippen LogP contribution in [0.4, 0.5) is 0 Å². The third kappa shape index (κ3) is 3.04. The van der Waals surface area contributed by atoms with Crippen LogP contribution < -0.4 is 10.9 Å². The maximum Gasteiger partial charge on any atom is 0.275 e. The average Bonchev–Trinajstić information content (AvgIpc) is 2.70. The highest BCUT2D eigenvalue weighted by Gasteiger charge is 2.27. The zero-order chi connectivity index (χ0) is 17.9. The lowest BCUT2D eigenvalue weighted by atomic mass is 9.96. The van der Waals surface area contributed by atoms with Gasteiger partial charge in [0.05, 0.1) is 23.7 Å². The largest absolute Gasteiger partial charge is 0.347 e. The van der Waals surface area contributed by atoms with Crippen molar-refractivity contribution in [3.05, 3.63) is 88.9 Å². The van der Waals surface area contributed by atoms with E-state index in [0.29, 0.717) is 10.9 Å². The molecule has 1 aliphatic carbocycles. The van der Waals surface area contributed by atoms with Gasteiger partial charge in [-0.15, -0.1) is 0 Å². The second-order valence-electron chi connectivity index (χ2n) is 6.42. The number of nitrogens with zero attached hydrogens (tertiary/aromatic N) is 2. The van der Waals surface area contributed by atoms with Crippen LogP contribution >= 0.6 is 0 Å². The highest BCUT2D eigenvalue weighted by atomic mass is 16.2. The summed E-state index contributed by atoms with van der Waals surface area (Å²) < 4.78 is 1.48. The number of rotatable bonds is 3. The van der Waals surface area contributed by atoms with E-state index in [-0.39, 0.29) is 23.6 Å². The van der Waals surface area contributed by atoms with E-state index in [4.69, 9.17) is 0 Å². The van der Waals surface area contributed by atoms with Crippen LogP contribution in [0.2, 0.25) is 0 Å². The van der Waals surface area contributed by atoms with Crippen molar-refractivity contribution in [1.82, 2.24) is 15.1 Å². The Morgan fingerprint density at radius 3 is 2.69 bits per heavy atom. The van der Waals surface area contributed by atoms with Crippen LogP contribution in [0.1, 0.15) is 29.2 Å². The molecule has 0 unspecified atom stereocenters. The molecule has 1 heterocycles. The number of fused-ring (bicyclic) bond motifs is 1. The van der Waals surface area contributed by atoms with Gasteiger partial charge in [-0.05, 0) is 31.0 Å². The van der Waals surface area contributed by atoms with Crippen molar-refractivity contribution in [2.24, 2.45) is 0 Å². The van der Waals surface area contributed by atoms with Crippen LogP contribution in [0.25, 0.3) is 10.8 Å². The molecule has 2 atom stereocenters. The van der Waals surface area contributed by atoms with Crippen LogP contribution in [0, 0.1) is 0 Å². The normalized spacial score (nSPS) is 19.4. The van der Waals surface area contributed by atoms with Crippen LogP contribution in [-0.2, 0) is 0 Å². The SMILES string of the molecule is O=C(N[C@H]1CCC=C[C@H]1n1ncc2ccccc2c1=O)c1ccccc1. The first-order valence-electron chi connectivity index (χ1n) is 8.73. The summed E-state index contributed by atoms with van der Waals surface area (Å²) in [7, 11) is 0. The lowest BCUT2D eigenvalue weighted by Gasteiger charge is -2.29. The van der Waals surface area contributed by atoms with E-state index in [1.165, 1.54) is 4.68 Å². The number of allylic oxidation sites excluding steroid dienone is 1. The van der Waals surface area contributed by atoms with E-state index >= 15 is 0 Å². The van der Waals surface area contributed by atoms with Crippen molar-refractivity contribution in [3.63, 3.8) is 0 Å². The molecule has 1 amide bonds. The number of carbonyl (C=O) groups excluding carboxylic acids is 1. The Bertz CT molecular complexity index is 1020. The van der Waals surface area contributed by atoms with E-state index in [2.05, 4.69) is 10.4 Å². The first kappa shape index (κ1) is 16.3. The number of hydrogen-bond donors (Lipinski definition) is 1. The molecule has 0 bridgehead atoms. The fourth-order valence-electron chi connectivity index (χ4n) is 3.38. The summed E-state index contributed by atoms with van der Waals surface area (Å²) in [5, 5.41) is 8.88. The van der Waals surface area contributed by atoms with Crippen LogP contribution in [0.5, 0.6) is 0 Å². The maximum absolute atomic E-state index is 12.9. The maximum atomic E-state index is 12.9. The Morgan fingerprint density at radius 2 is 1.85 bits per heavy atom. The van der Waals surface area contributed by atoms with Gasteiger partial charge in [-0.1, -0.05) is 48.6 Å². The molecule has 5 heteroatoms. The highest BCUT2D eigenvalue weighted by molar-refractivity contribution is 5.94. The fraction of sp³-hybridized carbons (Fsp3) is 0.190. The minimum absolute atomic E-state index is 0.135. The Morgan fingerprint density at radius 1 is 1.08 bits per heavy atom. The Kier molecular flexibility index (Phi) is 4.35. The molecule has 4 rings (SSSR count). The number of carbonyl (C=O) groups is 1. The van der Waals surface area contributed by atoms with Crippen molar-refractivity contribution in [2.75, 3.05) is 0 Å². The van der Waals surface area contributed by atoms with Gasteiger partial charge in [0.15, 0.2) is 0 Å². The van der Waals surface area contributed by atoms with Gasteiger partial charge in [0.1, 0.15) is 0 Å². The minimum Gasteiger partial charge on any atom is -0.347 e. The minimum atomic E-state index is -0.298. The molecule has 0 spiro atoms. The topological polar surface area (TPSA) is 64.0 Å². The first-order chi connectivity index (χ1) is 12.7. The third-order valence-corrected chi connectivity index (χ3v) is 4.75. The molecule has 0 saturated heterocycles. The van der Waals surface area contributed by atoms with Gasteiger partial charge in [-0.3, -0.25) is 9.59 Å². The second kappa shape index (κ2) is 6.96. The number of benzene rings is 2. The molecule has 1 aliphatic rings. The molecule has 1 aromatic heterocycles. The number of hydrogen-bond acceptors (Lipinski definition) is 3. The van der Waals surface area contributed by atoms with E-state index in [1.807, 2.05) is 48.6 Å². The molecular formula is C21H19N3O2. The molecule has 0 saturated carbocycles. The summed E-state index contributed by atoms with van der Waals surface area (Å²) in [6.45, 7) is 0. The fourth-order valence-corrected chi connectivity index (χ4v) is 3.38. The highest BCUT2D eigenvalue weighted by Crippen LogP contribution is 2.22. The van der Waals surface area contributed by atoms with Gasteiger partial charge in [0.25, 0.3) is 11.5 Å². The van der Waals surface area contributed by atoms with Crippen LogP contribution in [-0.4, -0.2) is 21.7 Å². The summed E-state index contributed by atoms with van der Waals surface area (Å²) >= 11 is 0. The van der Waals surface area contributed by atoms with Gasteiger partial charge >= 0.3 is 0 Å². The van der Waals surface area contributed by atoms with Gasteiger partial charge in [0, 0.05) is 10.9 Å². The molecule has 26 heavy (non-hydrogen) atoms. The molecular weight excluding hydrogens is 326 g/mol. The summed E-state index contributed by atoms with van der Waals surface area (Å²) in [6, 6.07) is 16.0. The van der Waals surface area contributed by atoms with E-state index in [9.17, 15) is 9.59 Å². The van der Waals surface area contributed by atoms with E-state index < -0.39 is 0 Å². The quantitative estimate of drug-likeness (QED) is 0.742. The van der Waals surface area contributed by atoms with Gasteiger partial charge in [-0.2, -0.15) is 5.10 Å². The van der Waals surface area contributed by atoms with E-state index in [0.717, 1.165) is 18.2 Å². The molecule has 0 fully saturated rings. The second-order valence-corrected chi connectivity index (χ2v) is 6.42. The third-order valence-electron chi connectivity index (χ3n) is 4.75. The average molecular weight is 345 g/mol. The first-order valence-corrected chi connectivity index (χ1v) is 8.73. The van der Waals surface area contributed by atoms with Gasteiger partial charge in [-0.25, -0.2) is 4.68 Å². The smallest absolute Gasteiger partial charge is 0.275 e. The Balaban J connectivity index is 1.67.